The number of hydrogen-bond donors (Lipinski definition) is 5. The van der Waals surface area contributed by atoms with Gasteiger partial charge in [-0.2, -0.15) is 0 Å². The summed E-state index contributed by atoms with van der Waals surface area (Å²) >= 11 is 0. The van der Waals surface area contributed by atoms with E-state index in [1.54, 1.807) is 18.5 Å². The third-order valence-corrected chi connectivity index (χ3v) is 13.6. The largest absolute Gasteiger partial charge is 0.507 e. The van der Waals surface area contributed by atoms with E-state index in [0.717, 1.165) is 49.7 Å². The molecule has 1 aliphatic rings. The van der Waals surface area contributed by atoms with Crippen LogP contribution in [0, 0.1) is 0 Å². The van der Waals surface area contributed by atoms with Gasteiger partial charge in [-0.25, -0.2) is 0 Å². The molecule has 0 atom stereocenters. The van der Waals surface area contributed by atoms with E-state index in [9.17, 15) is 24.9 Å². The Morgan fingerprint density at radius 3 is 1.30 bits per heavy atom. The zero-order chi connectivity index (χ0) is 50.7. The molecule has 5 aromatic carbocycles. The summed E-state index contributed by atoms with van der Waals surface area (Å²) in [5.74, 6) is -0.0566. The lowest BCUT2D eigenvalue weighted by Gasteiger charge is -2.27. The molecule has 10 heteroatoms. The lowest BCUT2D eigenvalue weighted by molar-refractivity contribution is -0.125. The van der Waals surface area contributed by atoms with Crippen LogP contribution >= 0.6 is 0 Å². The molecule has 0 saturated carbocycles. The summed E-state index contributed by atoms with van der Waals surface area (Å²) < 4.78 is 6.66. The third-order valence-electron chi connectivity index (χ3n) is 13.6. The van der Waals surface area contributed by atoms with Crippen molar-refractivity contribution in [2.24, 2.45) is 0 Å². The van der Waals surface area contributed by atoms with Crippen molar-refractivity contribution in [2.75, 3.05) is 18.5 Å². The first-order valence-electron chi connectivity index (χ1n) is 24.3. The molecule has 2 aromatic heterocycles. The van der Waals surface area contributed by atoms with Crippen LogP contribution in [0.1, 0.15) is 150 Å². The van der Waals surface area contributed by atoms with Crippen LogP contribution in [-0.4, -0.2) is 50.3 Å². The topological polar surface area (TPSA) is 154 Å². The molecular formula is C60H68N4O6. The Morgan fingerprint density at radius 1 is 0.514 bits per heavy atom. The number of aromatic nitrogens is 2. The number of hydrogen-bond acceptors (Lipinski definition) is 8. The highest BCUT2D eigenvalue weighted by Crippen LogP contribution is 2.43. The predicted molar refractivity (Wildman–Crippen MR) is 281 cm³/mol. The number of phenolic OH excluding ortho intramolecular Hbond substituents is 3. The van der Waals surface area contributed by atoms with Gasteiger partial charge in [0.1, 0.15) is 23.0 Å². The van der Waals surface area contributed by atoms with Crippen LogP contribution in [0.3, 0.4) is 0 Å². The molecular weight excluding hydrogens is 873 g/mol. The molecule has 2 amide bonds. The van der Waals surface area contributed by atoms with Crippen molar-refractivity contribution in [3.05, 3.63) is 158 Å². The Hall–Kier alpha value is -6.94. The molecule has 8 bridgehead atoms. The van der Waals surface area contributed by atoms with E-state index < -0.39 is 18.4 Å². The number of fused-ring (bicyclic) bond motifs is 11. The minimum Gasteiger partial charge on any atom is -0.507 e. The van der Waals surface area contributed by atoms with Gasteiger partial charge >= 0.3 is 0 Å². The molecule has 0 fully saturated rings. The highest BCUT2D eigenvalue weighted by Gasteiger charge is 2.28. The smallest absolute Gasteiger partial charge is 0.258 e. The van der Waals surface area contributed by atoms with Gasteiger partial charge in [0.2, 0.25) is 5.91 Å². The van der Waals surface area contributed by atoms with Crippen molar-refractivity contribution in [1.82, 2.24) is 15.3 Å². The second-order valence-corrected chi connectivity index (χ2v) is 23.3. The first kappa shape index (κ1) is 49.5. The Kier molecular flexibility index (Phi) is 13.0. The Labute approximate surface area is 412 Å². The number of benzene rings is 5. The molecule has 7 aromatic rings. The molecule has 0 spiro atoms. The van der Waals surface area contributed by atoms with Crippen LogP contribution in [0.15, 0.2) is 91.3 Å². The molecule has 0 aliphatic heterocycles. The second-order valence-electron chi connectivity index (χ2n) is 23.3. The molecule has 0 unspecified atom stereocenters. The molecule has 364 valence electrons. The van der Waals surface area contributed by atoms with Gasteiger partial charge in [-0.3, -0.25) is 19.6 Å². The van der Waals surface area contributed by atoms with Crippen LogP contribution < -0.4 is 15.4 Å². The third kappa shape index (κ3) is 10.5. The fourth-order valence-corrected chi connectivity index (χ4v) is 9.29. The summed E-state index contributed by atoms with van der Waals surface area (Å²) in [6, 6.07) is 25.7. The maximum atomic E-state index is 13.8. The van der Waals surface area contributed by atoms with Crippen molar-refractivity contribution >= 4 is 39.3 Å². The zero-order valence-electron chi connectivity index (χ0n) is 42.9. The average molecular weight is 941 g/mol. The number of pyridine rings is 2. The van der Waals surface area contributed by atoms with Gasteiger partial charge in [0.15, 0.2) is 6.61 Å². The number of phenols is 3. The number of anilines is 1. The number of nitrogens with one attached hydrogen (secondary N) is 2. The maximum Gasteiger partial charge on any atom is 0.258 e. The van der Waals surface area contributed by atoms with E-state index in [4.69, 9.17) is 4.74 Å². The predicted octanol–water partition coefficient (Wildman–Crippen LogP) is 11.9. The molecule has 0 radical (unpaired) electrons. The van der Waals surface area contributed by atoms with Crippen LogP contribution in [0.2, 0.25) is 0 Å². The lowest BCUT2D eigenvalue weighted by atomic mass is 9.79. The number of aromatic hydroxyl groups is 3. The molecule has 2 heterocycles. The number of rotatable bonds is 6. The van der Waals surface area contributed by atoms with Gasteiger partial charge in [-0.15, -0.1) is 0 Å². The van der Waals surface area contributed by atoms with Crippen molar-refractivity contribution < 1.29 is 29.6 Å². The van der Waals surface area contributed by atoms with Crippen molar-refractivity contribution in [1.29, 1.82) is 0 Å². The van der Waals surface area contributed by atoms with Crippen molar-refractivity contribution in [2.45, 2.75) is 130 Å². The SMILES string of the molecule is CC(C)(C)c1cc2c(O)c(c1)Cc1cc(C(C)(C)C)cc(c1O)Cc1cc(C(C)(C)C)cc(c1OCC(=O)NCC(=O)Nc1cc3cccnc3c3ncccc13)Cc1cc(C(C)(C)C)cc(c1O)C2. The molecule has 0 saturated heterocycles. The number of amides is 2. The fraction of sp³-hybridized carbons (Fsp3) is 0.367. The summed E-state index contributed by atoms with van der Waals surface area (Å²) in [5, 5.41) is 44.2. The minimum absolute atomic E-state index is 0.128. The molecule has 1 aliphatic carbocycles. The monoisotopic (exact) mass is 941 g/mol. The number of carbonyl (C=O) groups excluding carboxylic acids is 2. The van der Waals surface area contributed by atoms with Gasteiger partial charge in [0, 0.05) is 48.8 Å². The van der Waals surface area contributed by atoms with Crippen molar-refractivity contribution in [3.63, 3.8) is 0 Å². The summed E-state index contributed by atoms with van der Waals surface area (Å²) in [6.07, 6.45) is 4.43. The summed E-state index contributed by atoms with van der Waals surface area (Å²) in [4.78, 5) is 36.3. The normalized spacial score (nSPS) is 13.3. The Morgan fingerprint density at radius 2 is 0.886 bits per heavy atom. The minimum atomic E-state index is -0.501. The number of carbonyl (C=O) groups is 2. The van der Waals surface area contributed by atoms with E-state index in [1.165, 1.54) is 0 Å². The van der Waals surface area contributed by atoms with E-state index in [-0.39, 0.29) is 71.1 Å². The van der Waals surface area contributed by atoms with Gasteiger partial charge < -0.3 is 30.7 Å². The Balaban J connectivity index is 1.22. The van der Waals surface area contributed by atoms with Gasteiger partial charge in [-0.1, -0.05) is 138 Å². The molecule has 8 rings (SSSR count). The average Bonchev–Trinajstić information content (AvgIpc) is 3.27. The number of nitrogens with zero attached hydrogens (tertiary/aromatic N) is 2. The van der Waals surface area contributed by atoms with Crippen LogP contribution in [0.25, 0.3) is 21.8 Å². The van der Waals surface area contributed by atoms with Crippen LogP contribution in [0.5, 0.6) is 23.0 Å². The summed E-state index contributed by atoms with van der Waals surface area (Å²) in [7, 11) is 0. The van der Waals surface area contributed by atoms with Crippen molar-refractivity contribution in [3.8, 4) is 23.0 Å². The molecule has 70 heavy (non-hydrogen) atoms. The maximum absolute atomic E-state index is 13.8. The Bertz CT molecular complexity index is 3080. The van der Waals surface area contributed by atoms with Crippen LogP contribution in [-0.2, 0) is 56.9 Å². The van der Waals surface area contributed by atoms with E-state index in [0.29, 0.717) is 50.3 Å². The van der Waals surface area contributed by atoms with Gasteiger partial charge in [0.05, 0.1) is 23.3 Å². The standard InChI is InChI=1S/C60H68N4O6/c1-57(2,3)43-23-35-19-37-25-44(58(4,5)6)27-39(54(37)68)21-41-29-46(60(10,11)12)30-42(22-40-28-45(59(7,8)9)26-38(55(40)69)20-36(24-43)53(35)67)56(41)70-33-50(66)63-32-49(65)64-48-31-34-15-13-17-61-51(34)52-47(48)16-14-18-62-52/h13-18,23-31,67-69H,19-22,32-33H2,1-12H3,(H,63,66)(H,64,65). The lowest BCUT2D eigenvalue weighted by Crippen LogP contribution is -2.36. The fourth-order valence-electron chi connectivity index (χ4n) is 9.29. The molecule has 5 N–H and O–H groups in total. The molecule has 10 nitrogen and oxygen atoms in total. The van der Waals surface area contributed by atoms with Crippen LogP contribution in [0.4, 0.5) is 5.69 Å². The van der Waals surface area contributed by atoms with E-state index >= 15 is 0 Å². The summed E-state index contributed by atoms with van der Waals surface area (Å²) in [5.41, 5.74) is 10.5. The van der Waals surface area contributed by atoms with E-state index in [2.05, 4.69) is 116 Å². The van der Waals surface area contributed by atoms with E-state index in [1.807, 2.05) is 60.7 Å². The second kappa shape index (κ2) is 18.4. The quantitative estimate of drug-likeness (QED) is 0.103. The highest BCUT2D eigenvalue weighted by molar-refractivity contribution is 6.12. The zero-order valence-corrected chi connectivity index (χ0v) is 42.9. The van der Waals surface area contributed by atoms with Gasteiger partial charge in [-0.05, 0) is 113 Å². The first-order chi connectivity index (χ1) is 32.7. The highest BCUT2D eigenvalue weighted by atomic mass is 16.5. The number of ether oxygens (including phenoxy) is 1. The summed E-state index contributed by atoms with van der Waals surface area (Å²) in [6.45, 7) is 25.0. The van der Waals surface area contributed by atoms with Gasteiger partial charge in [0.25, 0.3) is 5.91 Å². The first-order valence-corrected chi connectivity index (χ1v) is 24.3.